The van der Waals surface area contributed by atoms with E-state index in [9.17, 15) is 4.79 Å². The summed E-state index contributed by atoms with van der Waals surface area (Å²) in [6.45, 7) is 2.06. The lowest BCUT2D eigenvalue weighted by atomic mass is 10.1. The average Bonchev–Trinajstić information content (AvgIpc) is 2.48. The van der Waals surface area contributed by atoms with Gasteiger partial charge in [0.1, 0.15) is 6.61 Å². The van der Waals surface area contributed by atoms with Crippen LogP contribution in [-0.2, 0) is 16.1 Å². The van der Waals surface area contributed by atoms with Gasteiger partial charge in [-0.05, 0) is 36.3 Å². The van der Waals surface area contributed by atoms with Crippen molar-refractivity contribution in [1.29, 1.82) is 0 Å². The summed E-state index contributed by atoms with van der Waals surface area (Å²) in [5, 5.41) is 0. The highest BCUT2D eigenvalue weighted by Gasteiger charge is 2.06. The molecule has 0 N–H and O–H groups in total. The van der Waals surface area contributed by atoms with Crippen molar-refractivity contribution < 1.29 is 9.53 Å². The van der Waals surface area contributed by atoms with Crippen molar-refractivity contribution in [2.45, 2.75) is 13.5 Å². The molecule has 0 bridgehead atoms. The van der Waals surface area contributed by atoms with E-state index in [4.69, 9.17) is 4.74 Å². The van der Waals surface area contributed by atoms with Gasteiger partial charge >= 0.3 is 5.97 Å². The van der Waals surface area contributed by atoms with Crippen molar-refractivity contribution in [3.63, 3.8) is 0 Å². The first-order valence-electron chi connectivity index (χ1n) is 6.30. The molecular formula is C17H15BrO2. The molecule has 0 amide bonds. The topological polar surface area (TPSA) is 26.3 Å². The minimum absolute atomic E-state index is 0.295. The van der Waals surface area contributed by atoms with Gasteiger partial charge in [-0.3, -0.25) is 0 Å². The Hall–Kier alpha value is -1.87. The fraction of sp³-hybridized carbons (Fsp3) is 0.118. The van der Waals surface area contributed by atoms with E-state index in [-0.39, 0.29) is 5.97 Å². The van der Waals surface area contributed by atoms with Gasteiger partial charge in [-0.15, -0.1) is 0 Å². The number of hydrogen-bond donors (Lipinski definition) is 0. The first-order chi connectivity index (χ1) is 9.65. The highest BCUT2D eigenvalue weighted by molar-refractivity contribution is 9.10. The molecule has 2 aromatic rings. The molecule has 0 saturated heterocycles. The van der Waals surface area contributed by atoms with Crippen LogP contribution >= 0.6 is 15.9 Å². The molecule has 20 heavy (non-hydrogen) atoms. The normalized spacial score (nSPS) is 11.2. The summed E-state index contributed by atoms with van der Waals surface area (Å²) >= 11 is 3.38. The van der Waals surface area contributed by atoms with Crippen molar-refractivity contribution >= 4 is 28.0 Å². The van der Waals surface area contributed by atoms with Crippen LogP contribution in [-0.4, -0.2) is 5.97 Å². The molecular weight excluding hydrogens is 316 g/mol. The van der Waals surface area contributed by atoms with Crippen LogP contribution in [0.15, 0.2) is 64.6 Å². The summed E-state index contributed by atoms with van der Waals surface area (Å²) in [4.78, 5) is 11.9. The summed E-state index contributed by atoms with van der Waals surface area (Å²) in [5.74, 6) is -0.295. The number of carbonyl (C=O) groups is 1. The van der Waals surface area contributed by atoms with Gasteiger partial charge in [-0.1, -0.05) is 58.4 Å². The molecule has 0 aliphatic rings. The summed E-state index contributed by atoms with van der Waals surface area (Å²) in [7, 11) is 0. The highest BCUT2D eigenvalue weighted by atomic mass is 79.9. The molecule has 2 aromatic carbocycles. The molecule has 0 heterocycles. The quantitative estimate of drug-likeness (QED) is 0.605. The Bertz CT molecular complexity index is 601. The van der Waals surface area contributed by atoms with Gasteiger partial charge in [-0.2, -0.15) is 0 Å². The van der Waals surface area contributed by atoms with E-state index in [0.717, 1.165) is 15.6 Å². The Morgan fingerprint density at radius 2 is 1.75 bits per heavy atom. The van der Waals surface area contributed by atoms with Gasteiger partial charge in [0, 0.05) is 10.0 Å². The second kappa shape index (κ2) is 7.06. The van der Waals surface area contributed by atoms with Crippen LogP contribution < -0.4 is 0 Å². The van der Waals surface area contributed by atoms with E-state index in [1.54, 1.807) is 6.92 Å². The van der Waals surface area contributed by atoms with E-state index >= 15 is 0 Å². The third kappa shape index (κ3) is 4.35. The summed E-state index contributed by atoms with van der Waals surface area (Å²) < 4.78 is 6.28. The lowest BCUT2D eigenvalue weighted by Gasteiger charge is -2.05. The van der Waals surface area contributed by atoms with Crippen molar-refractivity contribution in [2.75, 3.05) is 0 Å². The van der Waals surface area contributed by atoms with Gasteiger partial charge in [0.2, 0.25) is 0 Å². The highest BCUT2D eigenvalue weighted by Crippen LogP contribution is 2.14. The van der Waals surface area contributed by atoms with Crippen LogP contribution in [0.2, 0.25) is 0 Å². The lowest BCUT2D eigenvalue weighted by Crippen LogP contribution is -2.05. The Labute approximate surface area is 127 Å². The molecule has 0 spiro atoms. The Kier molecular flexibility index (Phi) is 5.13. The van der Waals surface area contributed by atoms with Crippen LogP contribution in [0.5, 0.6) is 0 Å². The first-order valence-corrected chi connectivity index (χ1v) is 7.09. The molecule has 102 valence electrons. The Balaban J connectivity index is 1.96. The molecule has 2 nitrogen and oxygen atoms in total. The Morgan fingerprint density at radius 3 is 2.40 bits per heavy atom. The third-order valence-electron chi connectivity index (χ3n) is 2.79. The maximum Gasteiger partial charge on any atom is 0.334 e. The molecule has 0 fully saturated rings. The molecule has 0 aliphatic carbocycles. The average molecular weight is 331 g/mol. The predicted molar refractivity (Wildman–Crippen MR) is 84.0 cm³/mol. The number of halogens is 1. The summed E-state index contributed by atoms with van der Waals surface area (Å²) in [5.41, 5.74) is 2.54. The summed E-state index contributed by atoms with van der Waals surface area (Å²) in [6, 6.07) is 17.4. The molecule has 0 saturated carbocycles. The number of ether oxygens (including phenoxy) is 1. The molecule has 0 atom stereocenters. The fourth-order valence-electron chi connectivity index (χ4n) is 1.70. The van der Waals surface area contributed by atoms with Crippen LogP contribution in [0.25, 0.3) is 6.08 Å². The van der Waals surface area contributed by atoms with Crippen LogP contribution in [0.1, 0.15) is 18.1 Å². The molecule has 0 aromatic heterocycles. The van der Waals surface area contributed by atoms with Gasteiger partial charge < -0.3 is 4.74 Å². The maximum atomic E-state index is 11.9. The molecule has 2 rings (SSSR count). The first kappa shape index (κ1) is 14.5. The molecule has 0 radical (unpaired) electrons. The summed E-state index contributed by atoms with van der Waals surface area (Å²) in [6.07, 6.45) is 1.82. The lowest BCUT2D eigenvalue weighted by molar-refractivity contribution is -0.140. The standard InChI is InChI=1S/C17H15BrO2/c1-13(11-14-7-9-16(18)10-8-14)17(19)20-12-15-5-3-2-4-6-15/h2-11H,12H2,1H3. The van der Waals surface area contributed by atoms with Gasteiger partial charge in [0.05, 0.1) is 0 Å². The minimum atomic E-state index is -0.295. The van der Waals surface area contributed by atoms with Crippen LogP contribution in [0.4, 0.5) is 0 Å². The second-order valence-electron chi connectivity index (χ2n) is 4.44. The fourth-order valence-corrected chi connectivity index (χ4v) is 1.97. The number of benzene rings is 2. The van der Waals surface area contributed by atoms with Gasteiger partial charge in [0.25, 0.3) is 0 Å². The SMILES string of the molecule is CC(=Cc1ccc(Br)cc1)C(=O)OCc1ccccc1. The van der Waals surface area contributed by atoms with Crippen molar-refractivity contribution in [2.24, 2.45) is 0 Å². The van der Waals surface area contributed by atoms with Crippen molar-refractivity contribution in [3.8, 4) is 0 Å². The largest absolute Gasteiger partial charge is 0.457 e. The van der Waals surface area contributed by atoms with E-state index in [1.807, 2.05) is 60.7 Å². The predicted octanol–water partition coefficient (Wildman–Crippen LogP) is 4.60. The molecule has 0 unspecified atom stereocenters. The Morgan fingerprint density at radius 1 is 1.10 bits per heavy atom. The van der Waals surface area contributed by atoms with Crippen molar-refractivity contribution in [3.05, 3.63) is 75.8 Å². The molecule has 0 aliphatic heterocycles. The van der Waals surface area contributed by atoms with E-state index in [2.05, 4.69) is 15.9 Å². The van der Waals surface area contributed by atoms with Crippen LogP contribution in [0, 0.1) is 0 Å². The minimum Gasteiger partial charge on any atom is -0.457 e. The van der Waals surface area contributed by atoms with E-state index in [0.29, 0.717) is 12.2 Å². The zero-order chi connectivity index (χ0) is 14.4. The van der Waals surface area contributed by atoms with E-state index in [1.165, 1.54) is 0 Å². The van der Waals surface area contributed by atoms with Gasteiger partial charge in [-0.25, -0.2) is 4.79 Å². The number of carbonyl (C=O) groups excluding carboxylic acids is 1. The van der Waals surface area contributed by atoms with Crippen molar-refractivity contribution in [1.82, 2.24) is 0 Å². The zero-order valence-corrected chi connectivity index (χ0v) is 12.8. The smallest absolute Gasteiger partial charge is 0.334 e. The number of hydrogen-bond acceptors (Lipinski definition) is 2. The molecule has 3 heteroatoms. The third-order valence-corrected chi connectivity index (χ3v) is 3.32. The second-order valence-corrected chi connectivity index (χ2v) is 5.36. The maximum absolute atomic E-state index is 11.9. The van der Waals surface area contributed by atoms with Crippen LogP contribution in [0.3, 0.4) is 0 Å². The van der Waals surface area contributed by atoms with Gasteiger partial charge in [0.15, 0.2) is 0 Å². The monoisotopic (exact) mass is 330 g/mol. The number of esters is 1. The van der Waals surface area contributed by atoms with E-state index < -0.39 is 0 Å². The zero-order valence-electron chi connectivity index (χ0n) is 11.2. The number of rotatable bonds is 4.